The Bertz CT molecular complexity index is 783. The van der Waals surface area contributed by atoms with Crippen molar-refractivity contribution in [2.24, 2.45) is 0 Å². The van der Waals surface area contributed by atoms with E-state index < -0.39 is 30.1 Å². The van der Waals surface area contributed by atoms with Gasteiger partial charge in [0.2, 0.25) is 0 Å². The number of hydrazine groups is 1. The number of hydrogen-bond donors (Lipinski definition) is 3. The molecule has 0 unspecified atom stereocenters. The van der Waals surface area contributed by atoms with Gasteiger partial charge in [0.05, 0.1) is 13.2 Å². The van der Waals surface area contributed by atoms with Crippen molar-refractivity contribution in [1.29, 1.82) is 0 Å². The van der Waals surface area contributed by atoms with Crippen molar-refractivity contribution in [1.82, 2.24) is 16.2 Å². The van der Waals surface area contributed by atoms with Crippen LogP contribution in [0, 0.1) is 0 Å². The number of methoxy groups -OCH3 is 1. The van der Waals surface area contributed by atoms with E-state index in [0.717, 1.165) is 5.56 Å². The second-order valence-electron chi connectivity index (χ2n) is 5.96. The lowest BCUT2D eigenvalue weighted by molar-refractivity contribution is -0.144. The van der Waals surface area contributed by atoms with Crippen LogP contribution in [0.25, 0.3) is 0 Å². The monoisotopic (exact) mass is 385 g/mol. The van der Waals surface area contributed by atoms with E-state index in [2.05, 4.69) is 16.2 Å². The molecule has 2 amide bonds. The Balaban J connectivity index is 1.89. The molecule has 2 atom stereocenters. The number of ether oxygens (including phenoxy) is 2. The fourth-order valence-electron chi connectivity index (χ4n) is 2.35. The Morgan fingerprint density at radius 2 is 1.57 bits per heavy atom. The summed E-state index contributed by atoms with van der Waals surface area (Å²) < 4.78 is 9.88. The van der Waals surface area contributed by atoms with Gasteiger partial charge in [-0.3, -0.25) is 15.0 Å². The lowest BCUT2D eigenvalue weighted by Gasteiger charge is -2.24. The zero-order valence-electron chi connectivity index (χ0n) is 15.7. The summed E-state index contributed by atoms with van der Waals surface area (Å²) >= 11 is 0. The number of nitrogens with one attached hydrogen (secondary N) is 3. The molecule has 0 heterocycles. The predicted molar refractivity (Wildman–Crippen MR) is 102 cm³/mol. The van der Waals surface area contributed by atoms with Gasteiger partial charge in [0.25, 0.3) is 5.91 Å². The summed E-state index contributed by atoms with van der Waals surface area (Å²) in [7, 11) is 1.22. The number of carbonyl (C=O) groups excluding carboxylic acids is 3. The van der Waals surface area contributed by atoms with Gasteiger partial charge in [-0.15, -0.1) is 0 Å². The zero-order valence-corrected chi connectivity index (χ0v) is 15.7. The van der Waals surface area contributed by atoms with Gasteiger partial charge in [0.1, 0.15) is 12.6 Å². The fraction of sp³-hybridized carbons (Fsp3) is 0.250. The molecule has 0 bridgehead atoms. The van der Waals surface area contributed by atoms with E-state index in [9.17, 15) is 14.4 Å². The Morgan fingerprint density at radius 1 is 0.964 bits per heavy atom. The molecule has 0 aliphatic rings. The van der Waals surface area contributed by atoms with Crippen LogP contribution in [0.2, 0.25) is 0 Å². The number of benzene rings is 2. The third-order valence-electron chi connectivity index (χ3n) is 3.89. The first-order valence-electron chi connectivity index (χ1n) is 8.67. The molecular formula is C20H23N3O5. The van der Waals surface area contributed by atoms with Crippen molar-refractivity contribution in [2.75, 3.05) is 7.11 Å². The van der Waals surface area contributed by atoms with Gasteiger partial charge in [-0.05, 0) is 24.6 Å². The summed E-state index contributed by atoms with van der Waals surface area (Å²) in [5.74, 6) is -1.07. The molecule has 2 aromatic carbocycles. The Labute approximate surface area is 163 Å². The molecule has 2 rings (SSSR count). The molecule has 0 aromatic heterocycles. The van der Waals surface area contributed by atoms with E-state index in [4.69, 9.17) is 9.47 Å². The fourth-order valence-corrected chi connectivity index (χ4v) is 2.35. The van der Waals surface area contributed by atoms with Crippen LogP contribution >= 0.6 is 0 Å². The molecule has 148 valence electrons. The van der Waals surface area contributed by atoms with Gasteiger partial charge in [0, 0.05) is 5.56 Å². The van der Waals surface area contributed by atoms with Crippen LogP contribution in [-0.4, -0.2) is 37.2 Å². The first-order valence-corrected chi connectivity index (χ1v) is 8.67. The molecule has 0 saturated carbocycles. The third-order valence-corrected chi connectivity index (χ3v) is 3.89. The SMILES string of the molecule is COC(=O)[C@H](NNC(=O)c1ccccc1)[C@@H](C)NC(=O)OCc1ccccc1. The Morgan fingerprint density at radius 3 is 2.18 bits per heavy atom. The number of esters is 1. The van der Waals surface area contributed by atoms with Gasteiger partial charge < -0.3 is 14.8 Å². The maximum absolute atomic E-state index is 12.1. The van der Waals surface area contributed by atoms with Crippen LogP contribution in [0.3, 0.4) is 0 Å². The van der Waals surface area contributed by atoms with Crippen LogP contribution in [0.1, 0.15) is 22.8 Å². The van der Waals surface area contributed by atoms with E-state index in [0.29, 0.717) is 5.56 Å². The molecule has 2 aromatic rings. The minimum atomic E-state index is -1.01. The van der Waals surface area contributed by atoms with Gasteiger partial charge in [-0.1, -0.05) is 48.5 Å². The van der Waals surface area contributed by atoms with Crippen LogP contribution in [0.4, 0.5) is 4.79 Å². The number of amides is 2. The first-order chi connectivity index (χ1) is 13.5. The summed E-state index contributed by atoms with van der Waals surface area (Å²) in [6.07, 6.45) is -0.693. The predicted octanol–water partition coefficient (Wildman–Crippen LogP) is 1.78. The summed E-state index contributed by atoms with van der Waals surface area (Å²) in [6.45, 7) is 1.69. The van der Waals surface area contributed by atoms with E-state index in [-0.39, 0.29) is 6.61 Å². The van der Waals surface area contributed by atoms with Crippen LogP contribution in [0.5, 0.6) is 0 Å². The standard InChI is InChI=1S/C20H23N3O5/c1-14(21-20(26)28-13-15-9-5-3-6-10-15)17(19(25)27-2)22-23-18(24)16-11-7-4-8-12-16/h3-12,14,17,22H,13H2,1-2H3,(H,21,26)(H,23,24)/t14-,17-/m1/s1. The summed E-state index contributed by atoms with van der Waals surface area (Å²) in [5, 5.41) is 2.55. The van der Waals surface area contributed by atoms with Crippen molar-refractivity contribution < 1.29 is 23.9 Å². The highest BCUT2D eigenvalue weighted by Crippen LogP contribution is 2.03. The molecule has 0 fully saturated rings. The summed E-state index contributed by atoms with van der Waals surface area (Å²) in [5.41, 5.74) is 6.30. The second kappa shape index (κ2) is 10.7. The van der Waals surface area contributed by atoms with Crippen LogP contribution in [0.15, 0.2) is 60.7 Å². The van der Waals surface area contributed by atoms with Gasteiger partial charge >= 0.3 is 12.1 Å². The van der Waals surface area contributed by atoms with E-state index in [1.165, 1.54) is 7.11 Å². The minimum absolute atomic E-state index is 0.0977. The lowest BCUT2D eigenvalue weighted by Crippen LogP contribution is -2.58. The summed E-state index contributed by atoms with van der Waals surface area (Å²) in [6, 6.07) is 16.0. The van der Waals surface area contributed by atoms with Crippen LogP contribution in [-0.2, 0) is 20.9 Å². The van der Waals surface area contributed by atoms with E-state index >= 15 is 0 Å². The number of rotatable bonds is 8. The van der Waals surface area contributed by atoms with Crippen molar-refractivity contribution in [3.05, 3.63) is 71.8 Å². The minimum Gasteiger partial charge on any atom is -0.468 e. The molecule has 0 saturated heterocycles. The number of hydrogen-bond acceptors (Lipinski definition) is 6. The summed E-state index contributed by atoms with van der Waals surface area (Å²) in [4.78, 5) is 36.2. The first kappa shape index (κ1) is 20.9. The lowest BCUT2D eigenvalue weighted by atomic mass is 10.1. The Kier molecular flexibility index (Phi) is 7.98. The van der Waals surface area contributed by atoms with Crippen molar-refractivity contribution in [2.45, 2.75) is 25.6 Å². The average Bonchev–Trinajstić information content (AvgIpc) is 2.73. The maximum Gasteiger partial charge on any atom is 0.407 e. The van der Waals surface area contributed by atoms with Crippen molar-refractivity contribution >= 4 is 18.0 Å². The highest BCUT2D eigenvalue weighted by atomic mass is 16.5. The van der Waals surface area contributed by atoms with Gasteiger partial charge in [-0.25, -0.2) is 10.2 Å². The molecule has 28 heavy (non-hydrogen) atoms. The molecule has 0 spiro atoms. The highest BCUT2D eigenvalue weighted by molar-refractivity contribution is 5.94. The molecule has 0 radical (unpaired) electrons. The van der Waals surface area contributed by atoms with Crippen molar-refractivity contribution in [3.63, 3.8) is 0 Å². The molecule has 0 aliphatic heterocycles. The Hall–Kier alpha value is -3.39. The van der Waals surface area contributed by atoms with Gasteiger partial charge in [-0.2, -0.15) is 0 Å². The highest BCUT2D eigenvalue weighted by Gasteiger charge is 2.28. The molecule has 8 nitrogen and oxygen atoms in total. The van der Waals surface area contributed by atoms with E-state index in [1.807, 2.05) is 30.3 Å². The van der Waals surface area contributed by atoms with E-state index in [1.54, 1.807) is 37.3 Å². The number of carbonyl (C=O) groups is 3. The number of alkyl carbamates (subject to hydrolysis) is 1. The second-order valence-corrected chi connectivity index (χ2v) is 5.96. The topological polar surface area (TPSA) is 106 Å². The third kappa shape index (κ3) is 6.40. The largest absolute Gasteiger partial charge is 0.468 e. The smallest absolute Gasteiger partial charge is 0.407 e. The maximum atomic E-state index is 12.1. The quantitative estimate of drug-likeness (QED) is 0.472. The van der Waals surface area contributed by atoms with Crippen molar-refractivity contribution in [3.8, 4) is 0 Å². The molecule has 8 heteroatoms. The molecule has 3 N–H and O–H groups in total. The molecular weight excluding hydrogens is 362 g/mol. The normalized spacial score (nSPS) is 12.4. The van der Waals surface area contributed by atoms with Gasteiger partial charge in [0.15, 0.2) is 0 Å². The average molecular weight is 385 g/mol. The zero-order chi connectivity index (χ0) is 20.4. The molecule has 0 aliphatic carbocycles. The van der Waals surface area contributed by atoms with Crippen LogP contribution < -0.4 is 16.2 Å².